The van der Waals surface area contributed by atoms with E-state index >= 15 is 0 Å². The van der Waals surface area contributed by atoms with Gasteiger partial charge in [0.15, 0.2) is 0 Å². The Balaban J connectivity index is 1.35. The molecule has 1 N–H and O–H groups in total. The van der Waals surface area contributed by atoms with Gasteiger partial charge in [-0.1, -0.05) is 18.2 Å². The summed E-state index contributed by atoms with van der Waals surface area (Å²) in [5.74, 6) is 0.985. The van der Waals surface area contributed by atoms with Crippen molar-refractivity contribution in [3.05, 3.63) is 53.6 Å². The van der Waals surface area contributed by atoms with Gasteiger partial charge in [0.2, 0.25) is 6.29 Å². The van der Waals surface area contributed by atoms with E-state index in [4.69, 9.17) is 14.2 Å². The van der Waals surface area contributed by atoms with Gasteiger partial charge in [-0.3, -0.25) is 4.79 Å². The molecule has 1 unspecified atom stereocenters. The summed E-state index contributed by atoms with van der Waals surface area (Å²) in [7, 11) is 0. The molecule has 1 saturated heterocycles. The summed E-state index contributed by atoms with van der Waals surface area (Å²) in [5, 5.41) is 2.99. The Morgan fingerprint density at radius 2 is 1.58 bits per heavy atom. The molecule has 36 heavy (non-hydrogen) atoms. The molecule has 2 aromatic rings. The Morgan fingerprint density at radius 1 is 0.944 bits per heavy atom. The molecule has 2 heterocycles. The number of nitrogens with zero attached hydrogens (tertiary/aromatic N) is 1. The van der Waals surface area contributed by atoms with Crippen LogP contribution in [0.1, 0.15) is 70.3 Å². The lowest BCUT2D eigenvalue weighted by Crippen LogP contribution is -2.45. The number of ether oxygens (including phenoxy) is 3. The van der Waals surface area contributed by atoms with Gasteiger partial charge in [-0.15, -0.1) is 0 Å². The summed E-state index contributed by atoms with van der Waals surface area (Å²) in [4.78, 5) is 26.5. The maximum Gasteiger partial charge on any atom is 0.410 e. The molecule has 0 bridgehead atoms. The normalized spacial score (nSPS) is 18.7. The average molecular weight is 495 g/mol. The van der Waals surface area contributed by atoms with Crippen LogP contribution in [0.5, 0.6) is 5.75 Å². The number of benzene rings is 2. The number of hydrogen-bond acceptors (Lipinski definition) is 5. The van der Waals surface area contributed by atoms with Gasteiger partial charge in [0, 0.05) is 35.7 Å². The molecule has 0 aliphatic carbocycles. The predicted octanol–water partition coefficient (Wildman–Crippen LogP) is 5.76. The van der Waals surface area contributed by atoms with Gasteiger partial charge in [0.25, 0.3) is 5.91 Å². The monoisotopic (exact) mass is 494 g/mol. The van der Waals surface area contributed by atoms with E-state index in [2.05, 4.69) is 11.4 Å². The molecule has 0 spiro atoms. The largest absolute Gasteiger partial charge is 0.464 e. The van der Waals surface area contributed by atoms with Gasteiger partial charge in [0.1, 0.15) is 11.4 Å². The number of carbonyl (C=O) groups excluding carboxylic acids is 2. The van der Waals surface area contributed by atoms with E-state index in [1.165, 1.54) is 0 Å². The topological polar surface area (TPSA) is 77.1 Å². The smallest absolute Gasteiger partial charge is 0.410 e. The zero-order valence-corrected chi connectivity index (χ0v) is 22.2. The second kappa shape index (κ2) is 10.1. The molecule has 1 atom stereocenters. The fourth-order valence-corrected chi connectivity index (χ4v) is 4.46. The number of piperidine rings is 1. The summed E-state index contributed by atoms with van der Waals surface area (Å²) < 4.78 is 17.8. The van der Waals surface area contributed by atoms with Crippen LogP contribution < -0.4 is 10.1 Å². The number of carbonyl (C=O) groups is 2. The lowest BCUT2D eigenvalue weighted by Gasteiger charge is -2.38. The van der Waals surface area contributed by atoms with Crippen LogP contribution in [0, 0.1) is 5.92 Å². The second-order valence-corrected chi connectivity index (χ2v) is 11.7. The third-order valence-electron chi connectivity index (χ3n) is 6.25. The SMILES string of the molecule is CC(C)(C)NC(=O)c1ccc(-c2ccc3c(c2)COC(C2CCN(C(=O)OC(C)(C)C)CC2)O3)cc1. The van der Waals surface area contributed by atoms with E-state index in [1.54, 1.807) is 4.90 Å². The van der Waals surface area contributed by atoms with E-state index in [9.17, 15) is 9.59 Å². The molecule has 2 amide bonds. The molecule has 0 aromatic heterocycles. The molecule has 0 radical (unpaired) electrons. The summed E-state index contributed by atoms with van der Waals surface area (Å²) in [6.07, 6.45) is 1.05. The van der Waals surface area contributed by atoms with E-state index in [0.717, 1.165) is 35.3 Å². The standard InChI is InChI=1S/C29H38N2O5/c1-28(2,3)30-25(32)20-9-7-19(8-10-20)22-11-12-24-23(17-22)18-34-26(35-24)21-13-15-31(16-14-21)27(33)36-29(4,5)6/h7-12,17,21,26H,13-16,18H2,1-6H3,(H,30,32). The molecule has 2 aromatic carbocycles. The molecular formula is C29H38N2O5. The van der Waals surface area contributed by atoms with Crippen molar-refractivity contribution in [3.8, 4) is 16.9 Å². The highest BCUT2D eigenvalue weighted by Gasteiger charge is 2.34. The van der Waals surface area contributed by atoms with Crippen molar-refractivity contribution in [3.63, 3.8) is 0 Å². The first-order chi connectivity index (χ1) is 16.9. The van der Waals surface area contributed by atoms with Crippen LogP contribution in [-0.2, 0) is 16.1 Å². The molecule has 2 aliphatic heterocycles. The van der Waals surface area contributed by atoms with Gasteiger partial charge in [-0.2, -0.15) is 0 Å². The maximum atomic E-state index is 12.4. The van der Waals surface area contributed by atoms with Crippen LogP contribution >= 0.6 is 0 Å². The lowest BCUT2D eigenvalue weighted by atomic mass is 9.95. The molecule has 4 rings (SSSR count). The number of nitrogens with one attached hydrogen (secondary N) is 1. The number of rotatable bonds is 3. The van der Waals surface area contributed by atoms with Crippen molar-refractivity contribution >= 4 is 12.0 Å². The lowest BCUT2D eigenvalue weighted by molar-refractivity contribution is -0.149. The van der Waals surface area contributed by atoms with Crippen LogP contribution in [0.25, 0.3) is 11.1 Å². The van der Waals surface area contributed by atoms with Gasteiger partial charge in [-0.05, 0) is 89.8 Å². The number of hydrogen-bond donors (Lipinski definition) is 1. The second-order valence-electron chi connectivity index (χ2n) is 11.7. The first-order valence-electron chi connectivity index (χ1n) is 12.7. The summed E-state index contributed by atoms with van der Waals surface area (Å²) in [5.41, 5.74) is 2.95. The summed E-state index contributed by atoms with van der Waals surface area (Å²) in [6.45, 7) is 13.3. The van der Waals surface area contributed by atoms with Gasteiger partial charge < -0.3 is 24.4 Å². The van der Waals surface area contributed by atoms with Crippen molar-refractivity contribution in [1.29, 1.82) is 0 Å². The summed E-state index contributed by atoms with van der Waals surface area (Å²) >= 11 is 0. The Morgan fingerprint density at radius 3 is 2.19 bits per heavy atom. The van der Waals surface area contributed by atoms with Gasteiger partial charge in [-0.25, -0.2) is 4.79 Å². The number of amides is 2. The Hall–Kier alpha value is -3.06. The number of fused-ring (bicyclic) bond motifs is 1. The Kier molecular flexibility index (Phi) is 7.32. The zero-order valence-electron chi connectivity index (χ0n) is 22.2. The molecule has 7 nitrogen and oxygen atoms in total. The first kappa shape index (κ1) is 26.0. The Labute approximate surface area is 214 Å². The molecule has 1 fully saturated rings. The van der Waals surface area contributed by atoms with Crippen molar-refractivity contribution in [1.82, 2.24) is 10.2 Å². The third kappa shape index (κ3) is 6.58. The first-order valence-corrected chi connectivity index (χ1v) is 12.7. The minimum atomic E-state index is -0.491. The molecule has 7 heteroatoms. The van der Waals surface area contributed by atoms with Crippen LogP contribution in [0.4, 0.5) is 4.79 Å². The number of likely N-dealkylation sites (tertiary alicyclic amines) is 1. The van der Waals surface area contributed by atoms with Crippen LogP contribution in [0.15, 0.2) is 42.5 Å². The highest BCUT2D eigenvalue weighted by atomic mass is 16.7. The van der Waals surface area contributed by atoms with E-state index in [-0.39, 0.29) is 29.7 Å². The minimum Gasteiger partial charge on any atom is -0.464 e. The average Bonchev–Trinajstić information content (AvgIpc) is 2.81. The quantitative estimate of drug-likeness (QED) is 0.587. The Bertz CT molecular complexity index is 1090. The van der Waals surface area contributed by atoms with E-state index in [1.807, 2.05) is 77.9 Å². The third-order valence-corrected chi connectivity index (χ3v) is 6.25. The summed E-state index contributed by atoms with van der Waals surface area (Å²) in [6, 6.07) is 13.7. The molecule has 0 saturated carbocycles. The maximum absolute atomic E-state index is 12.4. The van der Waals surface area contributed by atoms with Crippen LogP contribution in [0.3, 0.4) is 0 Å². The van der Waals surface area contributed by atoms with Crippen LogP contribution in [0.2, 0.25) is 0 Å². The minimum absolute atomic E-state index is 0.0794. The van der Waals surface area contributed by atoms with Crippen molar-refractivity contribution < 1.29 is 23.8 Å². The van der Waals surface area contributed by atoms with E-state index in [0.29, 0.717) is 25.3 Å². The molecule has 194 valence electrons. The predicted molar refractivity (Wildman–Crippen MR) is 139 cm³/mol. The molecular weight excluding hydrogens is 456 g/mol. The fraction of sp³-hybridized carbons (Fsp3) is 0.517. The van der Waals surface area contributed by atoms with Gasteiger partial charge >= 0.3 is 6.09 Å². The van der Waals surface area contributed by atoms with Crippen LogP contribution in [-0.4, -0.2) is 47.4 Å². The fourth-order valence-electron chi connectivity index (χ4n) is 4.46. The highest BCUT2D eigenvalue weighted by Crippen LogP contribution is 2.35. The van der Waals surface area contributed by atoms with Gasteiger partial charge in [0.05, 0.1) is 6.61 Å². The van der Waals surface area contributed by atoms with Crippen molar-refractivity contribution in [2.24, 2.45) is 5.92 Å². The van der Waals surface area contributed by atoms with Crippen molar-refractivity contribution in [2.45, 2.75) is 78.4 Å². The van der Waals surface area contributed by atoms with Crippen molar-refractivity contribution in [2.75, 3.05) is 13.1 Å². The highest BCUT2D eigenvalue weighted by molar-refractivity contribution is 5.95. The molecule has 2 aliphatic rings. The van der Waals surface area contributed by atoms with E-state index < -0.39 is 5.60 Å². The zero-order chi connectivity index (χ0) is 26.1.